The lowest BCUT2D eigenvalue weighted by molar-refractivity contribution is 0.0748. The minimum Gasteiger partial charge on any atom is -0.337 e. The quantitative estimate of drug-likeness (QED) is 0.860. The summed E-state index contributed by atoms with van der Waals surface area (Å²) in [6.07, 6.45) is 5.15. The molecule has 1 N–H and O–H groups in total. The first-order valence-corrected chi connectivity index (χ1v) is 7.96. The minimum atomic E-state index is 0.0898. The van der Waals surface area contributed by atoms with Crippen LogP contribution >= 0.6 is 0 Å². The van der Waals surface area contributed by atoms with Crippen LogP contribution in [0.5, 0.6) is 0 Å². The standard InChI is InChI=1S/C16H21N5O/c1-10-14-7-11(8-17-15(14)20(2)19-10)16(22)21-6-5-12-3-4-13(9-21)18-12/h7-8,12-13,18H,3-6,9H2,1-2H3. The molecule has 2 atom stereocenters. The predicted octanol–water partition coefficient (Wildman–Crippen LogP) is 1.24. The van der Waals surface area contributed by atoms with Gasteiger partial charge in [0.2, 0.25) is 0 Å². The summed E-state index contributed by atoms with van der Waals surface area (Å²) in [4.78, 5) is 19.2. The maximum atomic E-state index is 12.8. The van der Waals surface area contributed by atoms with Gasteiger partial charge in [-0.05, 0) is 32.3 Å². The Kier molecular flexibility index (Phi) is 3.14. The van der Waals surface area contributed by atoms with E-state index in [1.54, 1.807) is 10.9 Å². The van der Waals surface area contributed by atoms with Gasteiger partial charge < -0.3 is 10.2 Å². The van der Waals surface area contributed by atoms with Gasteiger partial charge in [0.25, 0.3) is 5.91 Å². The van der Waals surface area contributed by atoms with E-state index in [1.165, 1.54) is 12.8 Å². The maximum Gasteiger partial charge on any atom is 0.255 e. The molecule has 6 nitrogen and oxygen atoms in total. The van der Waals surface area contributed by atoms with Crippen molar-refractivity contribution in [2.75, 3.05) is 13.1 Å². The van der Waals surface area contributed by atoms with Crippen molar-refractivity contribution in [3.05, 3.63) is 23.5 Å². The topological polar surface area (TPSA) is 63.1 Å². The third-order valence-corrected chi connectivity index (χ3v) is 4.92. The fourth-order valence-corrected chi connectivity index (χ4v) is 3.73. The molecule has 2 saturated heterocycles. The van der Waals surface area contributed by atoms with Gasteiger partial charge in [-0.25, -0.2) is 4.98 Å². The molecule has 116 valence electrons. The van der Waals surface area contributed by atoms with Crippen LogP contribution < -0.4 is 5.32 Å². The highest BCUT2D eigenvalue weighted by molar-refractivity contribution is 5.97. The molecule has 0 aliphatic carbocycles. The van der Waals surface area contributed by atoms with E-state index in [0.717, 1.165) is 36.2 Å². The number of nitrogens with one attached hydrogen (secondary N) is 1. The molecular formula is C16H21N5O. The van der Waals surface area contributed by atoms with Gasteiger partial charge >= 0.3 is 0 Å². The first-order chi connectivity index (χ1) is 10.6. The SMILES string of the molecule is Cc1nn(C)c2ncc(C(=O)N3CCC4CCC(C3)N4)cc12. The fraction of sp³-hybridized carbons (Fsp3) is 0.562. The van der Waals surface area contributed by atoms with Crippen LogP contribution in [0.1, 0.15) is 35.3 Å². The number of rotatable bonds is 1. The van der Waals surface area contributed by atoms with Gasteiger partial charge in [0.15, 0.2) is 5.65 Å². The Morgan fingerprint density at radius 1 is 1.32 bits per heavy atom. The average molecular weight is 299 g/mol. The number of carbonyl (C=O) groups is 1. The van der Waals surface area contributed by atoms with Crippen LogP contribution in [-0.2, 0) is 7.05 Å². The number of nitrogens with zero attached hydrogens (tertiary/aromatic N) is 4. The number of hydrogen-bond acceptors (Lipinski definition) is 4. The highest BCUT2D eigenvalue weighted by Gasteiger charge is 2.31. The van der Waals surface area contributed by atoms with E-state index in [1.807, 2.05) is 24.9 Å². The zero-order chi connectivity index (χ0) is 15.3. The van der Waals surface area contributed by atoms with Crippen LogP contribution in [0, 0.1) is 6.92 Å². The van der Waals surface area contributed by atoms with Crippen LogP contribution in [0.4, 0.5) is 0 Å². The number of aryl methyl sites for hydroxylation is 2. The van der Waals surface area contributed by atoms with E-state index >= 15 is 0 Å². The molecular weight excluding hydrogens is 278 g/mol. The molecule has 2 fully saturated rings. The van der Waals surface area contributed by atoms with E-state index in [4.69, 9.17) is 0 Å². The Balaban J connectivity index is 1.63. The van der Waals surface area contributed by atoms with Crippen LogP contribution in [0.3, 0.4) is 0 Å². The number of likely N-dealkylation sites (tertiary alicyclic amines) is 1. The first kappa shape index (κ1) is 13.7. The summed E-state index contributed by atoms with van der Waals surface area (Å²) in [7, 11) is 1.88. The van der Waals surface area contributed by atoms with Gasteiger partial charge in [0.1, 0.15) is 0 Å². The van der Waals surface area contributed by atoms with Crippen molar-refractivity contribution in [2.45, 2.75) is 38.3 Å². The van der Waals surface area contributed by atoms with Gasteiger partial charge in [-0.3, -0.25) is 9.48 Å². The molecule has 4 rings (SSSR count). The largest absolute Gasteiger partial charge is 0.337 e. The van der Waals surface area contributed by atoms with E-state index in [9.17, 15) is 4.79 Å². The summed E-state index contributed by atoms with van der Waals surface area (Å²) >= 11 is 0. The second-order valence-corrected chi connectivity index (χ2v) is 6.48. The summed E-state index contributed by atoms with van der Waals surface area (Å²) in [6.45, 7) is 3.59. The van der Waals surface area contributed by atoms with Crippen molar-refractivity contribution in [1.29, 1.82) is 0 Å². The van der Waals surface area contributed by atoms with Gasteiger partial charge in [0.05, 0.1) is 11.3 Å². The highest BCUT2D eigenvalue weighted by Crippen LogP contribution is 2.23. The molecule has 1 amide bonds. The van der Waals surface area contributed by atoms with Crippen LogP contribution in [0.15, 0.2) is 12.3 Å². The normalized spacial score (nSPS) is 24.7. The smallest absolute Gasteiger partial charge is 0.255 e. The predicted molar refractivity (Wildman–Crippen MR) is 83.7 cm³/mol. The lowest BCUT2D eigenvalue weighted by Gasteiger charge is -2.24. The third-order valence-electron chi connectivity index (χ3n) is 4.92. The Hall–Kier alpha value is -1.95. The zero-order valence-corrected chi connectivity index (χ0v) is 13.0. The number of pyridine rings is 1. The van der Waals surface area contributed by atoms with Crippen molar-refractivity contribution in [1.82, 2.24) is 25.0 Å². The van der Waals surface area contributed by atoms with Crippen molar-refractivity contribution in [2.24, 2.45) is 7.05 Å². The van der Waals surface area contributed by atoms with Crippen molar-refractivity contribution in [3.63, 3.8) is 0 Å². The average Bonchev–Trinajstić information content (AvgIpc) is 2.98. The molecule has 6 heteroatoms. The third kappa shape index (κ3) is 2.18. The molecule has 0 saturated carbocycles. The molecule has 0 radical (unpaired) electrons. The molecule has 2 aliphatic rings. The molecule has 2 aromatic heterocycles. The van der Waals surface area contributed by atoms with E-state index < -0.39 is 0 Å². The molecule has 2 aliphatic heterocycles. The van der Waals surface area contributed by atoms with E-state index in [-0.39, 0.29) is 5.91 Å². The Bertz CT molecular complexity index is 737. The molecule has 2 bridgehead atoms. The number of carbonyl (C=O) groups excluding carboxylic acids is 1. The van der Waals surface area contributed by atoms with Crippen molar-refractivity contribution < 1.29 is 4.79 Å². The molecule has 0 spiro atoms. The maximum absolute atomic E-state index is 12.8. The Morgan fingerprint density at radius 2 is 2.14 bits per heavy atom. The van der Waals surface area contributed by atoms with Gasteiger partial charge in [0, 0.05) is 43.8 Å². The first-order valence-electron chi connectivity index (χ1n) is 7.96. The second kappa shape index (κ2) is 5.05. The van der Waals surface area contributed by atoms with E-state index in [2.05, 4.69) is 15.4 Å². The molecule has 4 heterocycles. The molecule has 2 unspecified atom stereocenters. The van der Waals surface area contributed by atoms with E-state index in [0.29, 0.717) is 17.6 Å². The van der Waals surface area contributed by atoms with Crippen molar-refractivity contribution >= 4 is 16.9 Å². The van der Waals surface area contributed by atoms with Crippen LogP contribution in [0.2, 0.25) is 0 Å². The fourth-order valence-electron chi connectivity index (χ4n) is 3.73. The summed E-state index contributed by atoms with van der Waals surface area (Å²) in [5, 5.41) is 8.94. The Morgan fingerprint density at radius 3 is 3.00 bits per heavy atom. The van der Waals surface area contributed by atoms with Gasteiger partial charge in [-0.15, -0.1) is 0 Å². The number of amides is 1. The van der Waals surface area contributed by atoms with Gasteiger partial charge in [-0.1, -0.05) is 0 Å². The van der Waals surface area contributed by atoms with Crippen LogP contribution in [-0.4, -0.2) is 50.7 Å². The monoisotopic (exact) mass is 299 g/mol. The zero-order valence-electron chi connectivity index (χ0n) is 13.0. The number of fused-ring (bicyclic) bond motifs is 3. The Labute approximate surface area is 129 Å². The molecule has 22 heavy (non-hydrogen) atoms. The number of hydrogen-bond donors (Lipinski definition) is 1. The summed E-state index contributed by atoms with van der Waals surface area (Å²) < 4.78 is 1.76. The lowest BCUT2D eigenvalue weighted by Crippen LogP contribution is -2.39. The molecule has 2 aromatic rings. The summed E-state index contributed by atoms with van der Waals surface area (Å²) in [6, 6.07) is 2.97. The van der Waals surface area contributed by atoms with Crippen molar-refractivity contribution in [3.8, 4) is 0 Å². The van der Waals surface area contributed by atoms with Crippen LogP contribution in [0.25, 0.3) is 11.0 Å². The van der Waals surface area contributed by atoms with Gasteiger partial charge in [-0.2, -0.15) is 5.10 Å². The number of aromatic nitrogens is 3. The minimum absolute atomic E-state index is 0.0898. The molecule has 0 aromatic carbocycles. The summed E-state index contributed by atoms with van der Waals surface area (Å²) in [5.41, 5.74) is 2.41. The second-order valence-electron chi connectivity index (χ2n) is 6.48. The highest BCUT2D eigenvalue weighted by atomic mass is 16.2. The summed E-state index contributed by atoms with van der Waals surface area (Å²) in [5.74, 6) is 0.0898. The lowest BCUT2D eigenvalue weighted by atomic mass is 10.1.